The van der Waals surface area contributed by atoms with Crippen molar-refractivity contribution in [2.24, 2.45) is 0 Å². The molecule has 0 aromatic heterocycles. The topological polar surface area (TPSA) is 0 Å². The summed E-state index contributed by atoms with van der Waals surface area (Å²) >= 11 is 0. The summed E-state index contributed by atoms with van der Waals surface area (Å²) in [6.07, 6.45) is 4.61. The SMILES string of the molecule is C(=C(c1ccccc1)c1ccccc1)c1ccc(-c2ccc3c4ccccc4c4c5cc(-c6ccc(C=C(c7ccccc7)c7ccccc7)cc6)ccc5c5ccccc5c4c3c2)cc1. The van der Waals surface area contributed by atoms with E-state index < -0.39 is 0 Å². The van der Waals surface area contributed by atoms with Crippen LogP contribution in [0.4, 0.5) is 0 Å². The summed E-state index contributed by atoms with van der Waals surface area (Å²) in [6, 6.07) is 92.9. The van der Waals surface area contributed by atoms with Crippen LogP contribution in [0.1, 0.15) is 33.4 Å². The van der Waals surface area contributed by atoms with Gasteiger partial charge in [0.1, 0.15) is 0 Å². The third-order valence-electron chi connectivity index (χ3n) is 13.3. The predicted octanol–water partition coefficient (Wildman–Crippen LogP) is 18.0. The second-order valence-electron chi connectivity index (χ2n) is 17.2. The number of hydrogen-bond donors (Lipinski definition) is 0. The van der Waals surface area contributed by atoms with E-state index in [4.69, 9.17) is 0 Å². The van der Waals surface area contributed by atoms with Crippen molar-refractivity contribution in [3.05, 3.63) is 288 Å². The van der Waals surface area contributed by atoms with Crippen molar-refractivity contribution in [1.82, 2.24) is 0 Å². The lowest BCUT2D eigenvalue weighted by molar-refractivity contribution is 1.55. The van der Waals surface area contributed by atoms with E-state index >= 15 is 0 Å². The summed E-state index contributed by atoms with van der Waals surface area (Å²) in [4.78, 5) is 0. The molecule has 0 heterocycles. The molecule has 0 saturated heterocycles. The van der Waals surface area contributed by atoms with Crippen LogP contribution < -0.4 is 0 Å². The molecule has 0 radical (unpaired) electrons. The molecule has 0 unspecified atom stereocenters. The Balaban J connectivity index is 0.994. The molecule has 0 aliphatic heterocycles. The molecule has 308 valence electrons. The standard InChI is InChI=1S/C66H44/c1-5-17-49(18-6-1)61(50-19-7-2-8-20-50)41-45-29-33-47(34-30-45)53-37-39-57-55-25-13-16-28-60(55)66-64-44-54(38-40-58(64)56-26-14-15-27-59(56)65(66)63(57)43-53)48-35-31-46(32-36-48)42-62(51-21-9-3-10-22-51)52-23-11-4-12-24-52/h1-44H. The molecular formula is C66H44. The highest BCUT2D eigenvalue weighted by molar-refractivity contribution is 6.39. The molecule has 12 aromatic rings. The van der Waals surface area contributed by atoms with E-state index in [-0.39, 0.29) is 0 Å². The van der Waals surface area contributed by atoms with Crippen LogP contribution in [0.25, 0.3) is 99.4 Å². The van der Waals surface area contributed by atoms with Crippen molar-refractivity contribution in [1.29, 1.82) is 0 Å². The lowest BCUT2D eigenvalue weighted by Crippen LogP contribution is -1.90. The number of fused-ring (bicyclic) bond motifs is 11. The molecule has 0 N–H and O–H groups in total. The minimum Gasteiger partial charge on any atom is -0.0622 e. The van der Waals surface area contributed by atoms with E-state index in [1.807, 2.05) is 0 Å². The van der Waals surface area contributed by atoms with Crippen LogP contribution in [-0.2, 0) is 0 Å². The molecule has 0 spiro atoms. The summed E-state index contributed by atoms with van der Waals surface area (Å²) in [6.45, 7) is 0. The molecule has 0 nitrogen and oxygen atoms in total. The average Bonchev–Trinajstić information content (AvgIpc) is 3.40. The van der Waals surface area contributed by atoms with E-state index in [1.54, 1.807) is 0 Å². The third-order valence-corrected chi connectivity index (χ3v) is 13.3. The first-order valence-electron chi connectivity index (χ1n) is 22.8. The fourth-order valence-corrected chi connectivity index (χ4v) is 10.0. The zero-order valence-corrected chi connectivity index (χ0v) is 36.4. The van der Waals surface area contributed by atoms with Crippen LogP contribution >= 0.6 is 0 Å². The highest BCUT2D eigenvalue weighted by Crippen LogP contribution is 2.45. The molecule has 0 aliphatic rings. The second-order valence-corrected chi connectivity index (χ2v) is 17.2. The van der Waals surface area contributed by atoms with Crippen LogP contribution in [-0.4, -0.2) is 0 Å². The summed E-state index contributed by atoms with van der Waals surface area (Å²) in [5.41, 5.74) is 14.4. The van der Waals surface area contributed by atoms with Crippen molar-refractivity contribution in [2.75, 3.05) is 0 Å². The molecule has 12 rings (SSSR count). The largest absolute Gasteiger partial charge is 0.0622 e. The maximum Gasteiger partial charge on any atom is -0.00137 e. The quantitative estimate of drug-likeness (QED) is 0.106. The van der Waals surface area contributed by atoms with Crippen LogP contribution in [0.5, 0.6) is 0 Å². The molecule has 0 aliphatic carbocycles. The average molecular weight is 837 g/mol. The normalized spacial score (nSPS) is 11.3. The molecule has 0 amide bonds. The number of rotatable bonds is 8. The molecule has 0 heteroatoms. The van der Waals surface area contributed by atoms with E-state index in [1.165, 1.54) is 121 Å². The first kappa shape index (κ1) is 39.0. The lowest BCUT2D eigenvalue weighted by Gasteiger charge is -2.18. The highest BCUT2D eigenvalue weighted by Gasteiger charge is 2.18. The Hall–Kier alpha value is -8.58. The maximum atomic E-state index is 2.43. The van der Waals surface area contributed by atoms with Gasteiger partial charge < -0.3 is 0 Å². The Labute approximate surface area is 385 Å². The van der Waals surface area contributed by atoms with Gasteiger partial charge in [-0.1, -0.05) is 243 Å². The Morgan fingerprint density at radius 3 is 0.818 bits per heavy atom. The Morgan fingerprint density at radius 2 is 0.485 bits per heavy atom. The summed E-state index contributed by atoms with van der Waals surface area (Å²) in [7, 11) is 0. The molecule has 0 atom stereocenters. The lowest BCUT2D eigenvalue weighted by atomic mass is 9.85. The van der Waals surface area contributed by atoms with Crippen LogP contribution in [0.15, 0.2) is 255 Å². The second kappa shape index (κ2) is 16.8. The van der Waals surface area contributed by atoms with Gasteiger partial charge in [-0.3, -0.25) is 0 Å². The third kappa shape index (κ3) is 7.16. The van der Waals surface area contributed by atoms with Crippen molar-refractivity contribution in [2.45, 2.75) is 0 Å². The zero-order valence-electron chi connectivity index (χ0n) is 36.4. The van der Waals surface area contributed by atoms with Crippen LogP contribution in [0.2, 0.25) is 0 Å². The molecular weight excluding hydrogens is 793 g/mol. The summed E-state index contributed by atoms with van der Waals surface area (Å²) < 4.78 is 0. The Bertz CT molecular complexity index is 3450. The molecule has 0 fully saturated rings. The van der Waals surface area contributed by atoms with E-state index in [9.17, 15) is 0 Å². The van der Waals surface area contributed by atoms with E-state index in [0.717, 1.165) is 0 Å². The van der Waals surface area contributed by atoms with Crippen LogP contribution in [0, 0.1) is 0 Å². The molecule has 12 aromatic carbocycles. The van der Waals surface area contributed by atoms with Gasteiger partial charge in [0.25, 0.3) is 0 Å². The van der Waals surface area contributed by atoms with Gasteiger partial charge in [-0.2, -0.15) is 0 Å². The van der Waals surface area contributed by atoms with Gasteiger partial charge in [-0.25, -0.2) is 0 Å². The van der Waals surface area contributed by atoms with E-state index in [0.29, 0.717) is 0 Å². The van der Waals surface area contributed by atoms with Crippen LogP contribution in [0.3, 0.4) is 0 Å². The van der Waals surface area contributed by atoms with Gasteiger partial charge in [0.2, 0.25) is 0 Å². The van der Waals surface area contributed by atoms with Crippen molar-refractivity contribution >= 4 is 77.2 Å². The van der Waals surface area contributed by atoms with Gasteiger partial charge in [-0.05, 0) is 145 Å². The van der Waals surface area contributed by atoms with Gasteiger partial charge >= 0.3 is 0 Å². The Kier molecular flexibility index (Phi) is 9.97. The summed E-state index contributed by atoms with van der Waals surface area (Å²) in [5.74, 6) is 0. The minimum atomic E-state index is 1.17. The Morgan fingerprint density at radius 1 is 0.212 bits per heavy atom. The number of hydrogen-bond acceptors (Lipinski definition) is 0. The van der Waals surface area contributed by atoms with Gasteiger partial charge in [0.05, 0.1) is 0 Å². The van der Waals surface area contributed by atoms with Gasteiger partial charge in [-0.15, -0.1) is 0 Å². The minimum absolute atomic E-state index is 1.17. The number of benzene rings is 12. The summed E-state index contributed by atoms with van der Waals surface area (Å²) in [5, 5.41) is 12.8. The van der Waals surface area contributed by atoms with Crippen molar-refractivity contribution < 1.29 is 0 Å². The smallest absolute Gasteiger partial charge is 0.00137 e. The highest BCUT2D eigenvalue weighted by atomic mass is 14.2. The van der Waals surface area contributed by atoms with E-state index in [2.05, 4.69) is 267 Å². The predicted molar refractivity (Wildman–Crippen MR) is 285 cm³/mol. The first-order chi connectivity index (χ1) is 32.7. The molecule has 0 bridgehead atoms. The van der Waals surface area contributed by atoms with Crippen molar-refractivity contribution in [3.8, 4) is 22.3 Å². The fraction of sp³-hybridized carbons (Fsp3) is 0. The van der Waals surface area contributed by atoms with Crippen molar-refractivity contribution in [3.63, 3.8) is 0 Å². The molecule has 0 saturated carbocycles. The maximum absolute atomic E-state index is 2.43. The monoisotopic (exact) mass is 836 g/mol. The zero-order chi connectivity index (χ0) is 43.8. The molecule has 66 heavy (non-hydrogen) atoms. The fourth-order valence-electron chi connectivity index (χ4n) is 10.0. The first-order valence-corrected chi connectivity index (χ1v) is 22.8. The van der Waals surface area contributed by atoms with Gasteiger partial charge in [0, 0.05) is 0 Å². The van der Waals surface area contributed by atoms with Gasteiger partial charge in [0.15, 0.2) is 0 Å².